The van der Waals surface area contributed by atoms with E-state index in [1.54, 1.807) is 24.6 Å². The van der Waals surface area contributed by atoms with Crippen molar-refractivity contribution in [3.63, 3.8) is 0 Å². The molecule has 152 valence electrons. The molecule has 4 rings (SSSR count). The summed E-state index contributed by atoms with van der Waals surface area (Å²) in [5.74, 6) is 1.66. The minimum atomic E-state index is -2.83. The molecule has 1 aromatic carbocycles. The fourth-order valence-electron chi connectivity index (χ4n) is 3.92. The van der Waals surface area contributed by atoms with Gasteiger partial charge in [-0.1, -0.05) is 0 Å². The molecule has 1 heterocycles. The molecule has 0 spiro atoms. The van der Waals surface area contributed by atoms with Crippen molar-refractivity contribution in [3.05, 3.63) is 45.9 Å². The van der Waals surface area contributed by atoms with Crippen molar-refractivity contribution >= 4 is 10.6 Å². The third-order valence-electron chi connectivity index (χ3n) is 5.89. The van der Waals surface area contributed by atoms with Gasteiger partial charge >= 0.3 is 0 Å². The van der Waals surface area contributed by atoms with Crippen LogP contribution in [0.3, 0.4) is 0 Å². The Hall–Kier alpha value is -1.76. The molecule has 2 aliphatic carbocycles. The van der Waals surface area contributed by atoms with Gasteiger partial charge in [-0.2, -0.15) is 10.6 Å². The zero-order valence-electron chi connectivity index (χ0n) is 16.6. The van der Waals surface area contributed by atoms with Crippen LogP contribution in [-0.2, 0) is 19.9 Å². The highest BCUT2D eigenvalue weighted by Crippen LogP contribution is 2.50. The Morgan fingerprint density at radius 1 is 1.14 bits per heavy atom. The number of pyridine rings is 1. The van der Waals surface area contributed by atoms with Crippen molar-refractivity contribution in [3.8, 4) is 16.9 Å². The predicted octanol–water partition coefficient (Wildman–Crippen LogP) is 4.85. The SMILES string of the molecule is CCS(O)(O)c1ccc(OCC2CC2)c(-c2cn(C)c(=O)c3c2CCCC3)c1. The summed E-state index contributed by atoms with van der Waals surface area (Å²) in [6, 6.07) is 5.48. The van der Waals surface area contributed by atoms with Gasteiger partial charge in [0.15, 0.2) is 0 Å². The molecule has 5 nitrogen and oxygen atoms in total. The summed E-state index contributed by atoms with van der Waals surface area (Å²) in [6.45, 7) is 2.46. The fraction of sp³-hybridized carbons (Fsp3) is 0.500. The average molecular weight is 404 g/mol. The number of aromatic nitrogens is 1. The molecule has 2 aromatic rings. The predicted molar refractivity (Wildman–Crippen MR) is 114 cm³/mol. The third kappa shape index (κ3) is 3.73. The maximum atomic E-state index is 12.6. The first-order valence-electron chi connectivity index (χ1n) is 10.1. The molecule has 0 unspecified atom stereocenters. The van der Waals surface area contributed by atoms with Crippen molar-refractivity contribution in [2.24, 2.45) is 13.0 Å². The fourth-order valence-corrected chi connectivity index (χ4v) is 4.85. The van der Waals surface area contributed by atoms with E-state index in [4.69, 9.17) is 4.74 Å². The molecule has 2 N–H and O–H groups in total. The highest BCUT2D eigenvalue weighted by Gasteiger charge is 2.25. The average Bonchev–Trinajstić information content (AvgIpc) is 3.53. The third-order valence-corrected chi connectivity index (χ3v) is 7.70. The van der Waals surface area contributed by atoms with Crippen molar-refractivity contribution < 1.29 is 13.8 Å². The smallest absolute Gasteiger partial charge is 0.253 e. The molecule has 0 bridgehead atoms. The van der Waals surface area contributed by atoms with Gasteiger partial charge in [-0.25, -0.2) is 0 Å². The van der Waals surface area contributed by atoms with Crippen LogP contribution < -0.4 is 10.3 Å². The highest BCUT2D eigenvalue weighted by atomic mass is 32.3. The van der Waals surface area contributed by atoms with Gasteiger partial charge in [-0.3, -0.25) is 13.9 Å². The van der Waals surface area contributed by atoms with Gasteiger partial charge in [0.1, 0.15) is 5.75 Å². The Bertz CT molecular complexity index is 946. The molecule has 0 amide bonds. The maximum absolute atomic E-state index is 12.6. The van der Waals surface area contributed by atoms with Crippen LogP contribution in [0.25, 0.3) is 11.1 Å². The number of nitrogens with zero attached hydrogens (tertiary/aromatic N) is 1. The number of aryl methyl sites for hydroxylation is 1. The lowest BCUT2D eigenvalue weighted by molar-refractivity contribution is 0.300. The molecular weight excluding hydrogens is 374 g/mol. The van der Waals surface area contributed by atoms with E-state index in [-0.39, 0.29) is 11.3 Å². The minimum absolute atomic E-state index is 0.0768. The van der Waals surface area contributed by atoms with Crippen LogP contribution in [0.15, 0.2) is 34.1 Å². The van der Waals surface area contributed by atoms with Crippen LogP contribution >= 0.6 is 10.6 Å². The summed E-state index contributed by atoms with van der Waals surface area (Å²) in [5, 5.41) is 0. The van der Waals surface area contributed by atoms with E-state index in [0.29, 0.717) is 17.4 Å². The normalized spacial score (nSPS) is 17.3. The highest BCUT2D eigenvalue weighted by molar-refractivity contribution is 8.24. The Kier molecular flexibility index (Phi) is 5.29. The number of hydrogen-bond acceptors (Lipinski definition) is 4. The lowest BCUT2D eigenvalue weighted by Gasteiger charge is -2.32. The summed E-state index contributed by atoms with van der Waals surface area (Å²) in [5.41, 5.74) is 3.91. The monoisotopic (exact) mass is 403 g/mol. The first kappa shape index (κ1) is 19.6. The first-order valence-corrected chi connectivity index (χ1v) is 11.9. The summed E-state index contributed by atoms with van der Waals surface area (Å²) < 4.78 is 28.7. The zero-order chi connectivity index (χ0) is 19.9. The van der Waals surface area contributed by atoms with Crippen LogP contribution in [0.5, 0.6) is 5.75 Å². The van der Waals surface area contributed by atoms with Crippen LogP contribution in [-0.4, -0.2) is 26.0 Å². The second-order valence-corrected chi connectivity index (χ2v) is 10.4. The van der Waals surface area contributed by atoms with E-state index in [0.717, 1.165) is 53.7 Å². The van der Waals surface area contributed by atoms with E-state index in [1.807, 2.05) is 18.3 Å². The molecule has 1 saturated carbocycles. The van der Waals surface area contributed by atoms with E-state index >= 15 is 0 Å². The van der Waals surface area contributed by atoms with Gasteiger partial charge < -0.3 is 9.30 Å². The van der Waals surface area contributed by atoms with Gasteiger partial charge in [0, 0.05) is 35.7 Å². The molecule has 0 atom stereocenters. The molecule has 2 aliphatic rings. The first-order chi connectivity index (χ1) is 13.4. The summed E-state index contributed by atoms with van der Waals surface area (Å²) in [4.78, 5) is 13.2. The minimum Gasteiger partial charge on any atom is -0.493 e. The molecule has 1 aromatic heterocycles. The lowest BCUT2D eigenvalue weighted by Crippen LogP contribution is -2.25. The van der Waals surface area contributed by atoms with E-state index < -0.39 is 10.6 Å². The molecule has 0 saturated heterocycles. The van der Waals surface area contributed by atoms with Crippen LogP contribution in [0.1, 0.15) is 43.7 Å². The van der Waals surface area contributed by atoms with Gasteiger partial charge in [-0.15, -0.1) is 0 Å². The Morgan fingerprint density at radius 2 is 1.86 bits per heavy atom. The topological polar surface area (TPSA) is 71.7 Å². The Morgan fingerprint density at radius 3 is 2.54 bits per heavy atom. The second-order valence-electron chi connectivity index (χ2n) is 7.99. The number of ether oxygens (including phenoxy) is 1. The largest absolute Gasteiger partial charge is 0.493 e. The van der Waals surface area contributed by atoms with Crippen LogP contribution in [0.2, 0.25) is 0 Å². The van der Waals surface area contributed by atoms with Gasteiger partial charge in [0.25, 0.3) is 5.56 Å². The molecule has 28 heavy (non-hydrogen) atoms. The molecule has 1 fully saturated rings. The van der Waals surface area contributed by atoms with E-state index in [1.165, 1.54) is 12.8 Å². The second kappa shape index (κ2) is 7.58. The lowest BCUT2D eigenvalue weighted by atomic mass is 9.87. The van der Waals surface area contributed by atoms with Crippen molar-refractivity contribution in [2.75, 3.05) is 12.4 Å². The summed E-state index contributed by atoms with van der Waals surface area (Å²) >= 11 is 0. The maximum Gasteiger partial charge on any atom is 0.253 e. The van der Waals surface area contributed by atoms with Crippen LogP contribution in [0, 0.1) is 5.92 Å². The van der Waals surface area contributed by atoms with Gasteiger partial charge in [0.05, 0.1) is 11.5 Å². The molecule has 0 aliphatic heterocycles. The van der Waals surface area contributed by atoms with E-state index in [9.17, 15) is 13.9 Å². The number of rotatable bonds is 6. The number of fused-ring (bicyclic) bond motifs is 1. The van der Waals surface area contributed by atoms with Crippen LogP contribution in [0.4, 0.5) is 0 Å². The van der Waals surface area contributed by atoms with E-state index in [2.05, 4.69) is 0 Å². The molecule has 6 heteroatoms. The Labute approximate surface area is 167 Å². The van der Waals surface area contributed by atoms with Crippen molar-refractivity contribution in [2.45, 2.75) is 50.3 Å². The standard InChI is InChI=1S/C22H29NO4S/c1-3-28(25,26)16-10-11-21(27-14-15-8-9-15)19(12-16)20-13-23(2)22(24)18-7-5-4-6-17(18)20/h10-13,15,25-26H,3-9,14H2,1-2H3. The number of hydrogen-bond donors (Lipinski definition) is 2. The van der Waals surface area contributed by atoms with Gasteiger partial charge in [-0.05, 0) is 75.1 Å². The van der Waals surface area contributed by atoms with Crippen molar-refractivity contribution in [1.82, 2.24) is 4.57 Å². The molecular formula is C22H29NO4S. The summed E-state index contributed by atoms with van der Waals surface area (Å²) in [7, 11) is -1.04. The summed E-state index contributed by atoms with van der Waals surface area (Å²) in [6.07, 6.45) is 8.07. The zero-order valence-corrected chi connectivity index (χ0v) is 17.4. The Balaban J connectivity index is 1.87. The van der Waals surface area contributed by atoms with Gasteiger partial charge in [0.2, 0.25) is 0 Å². The molecule has 0 radical (unpaired) electrons. The number of benzene rings is 1. The van der Waals surface area contributed by atoms with Crippen molar-refractivity contribution in [1.29, 1.82) is 0 Å². The quantitative estimate of drug-likeness (QED) is 0.723.